The molecule has 2 aromatic rings. The van der Waals surface area contributed by atoms with Gasteiger partial charge in [0.15, 0.2) is 0 Å². The smallest absolute Gasteiger partial charge is 0.332 e. The Kier molecular flexibility index (Phi) is 5.77. The van der Waals surface area contributed by atoms with Crippen molar-refractivity contribution in [1.82, 2.24) is 9.14 Å². The van der Waals surface area contributed by atoms with Crippen molar-refractivity contribution in [3.8, 4) is 11.9 Å². The lowest BCUT2D eigenvalue weighted by atomic mass is 10.2. The van der Waals surface area contributed by atoms with Crippen molar-refractivity contribution in [3.63, 3.8) is 0 Å². The Morgan fingerprint density at radius 2 is 2.38 bits per heavy atom. The second-order valence-corrected chi connectivity index (χ2v) is 7.69. The molecule has 0 saturated carbocycles. The largest absolute Gasteiger partial charge is 0.496 e. The molecule has 1 aromatic carbocycles. The van der Waals surface area contributed by atoms with E-state index in [0.29, 0.717) is 27.7 Å². The van der Waals surface area contributed by atoms with Gasteiger partial charge in [-0.15, -0.1) is 4.58 Å². The van der Waals surface area contributed by atoms with E-state index in [-0.39, 0.29) is 11.9 Å². The summed E-state index contributed by atoms with van der Waals surface area (Å²) in [6.45, 7) is 3.43. The number of amidine groups is 1. The van der Waals surface area contributed by atoms with Crippen LogP contribution in [0.25, 0.3) is 0 Å². The molecule has 0 unspecified atom stereocenters. The fourth-order valence-electron chi connectivity index (χ4n) is 2.99. The van der Waals surface area contributed by atoms with Crippen molar-refractivity contribution in [1.29, 1.82) is 10.7 Å². The number of nitriles is 1. The Morgan fingerprint density at radius 3 is 3.04 bits per heavy atom. The topological polar surface area (TPSA) is 74.0 Å². The third-order valence-corrected chi connectivity index (χ3v) is 5.45. The minimum absolute atomic E-state index is 0.0230. The molecule has 1 aliphatic rings. The van der Waals surface area contributed by atoms with Crippen molar-refractivity contribution in [2.75, 3.05) is 13.7 Å². The normalized spacial score (nSPS) is 17.7. The minimum atomic E-state index is 0.0230. The molecule has 0 amide bonds. The Balaban J connectivity index is 2.09. The number of nitrogens with zero attached hydrogens (tertiary/aromatic N) is 3. The fourth-order valence-corrected chi connectivity index (χ4v) is 4.10. The average Bonchev–Trinajstić information content (AvgIpc) is 3.26. The van der Waals surface area contributed by atoms with Crippen LogP contribution in [-0.4, -0.2) is 30.2 Å². The van der Waals surface area contributed by atoms with Gasteiger partial charge in [-0.3, -0.25) is 4.57 Å². The number of hydrogen-bond acceptors (Lipinski definition) is 5. The number of hydrogen-bond donors (Lipinski definition) is 1. The zero-order valence-electron chi connectivity index (χ0n) is 14.7. The highest BCUT2D eigenvalue weighted by Crippen LogP contribution is 2.23. The van der Waals surface area contributed by atoms with Gasteiger partial charge in [-0.25, -0.2) is 0 Å². The summed E-state index contributed by atoms with van der Waals surface area (Å²) in [7, 11) is 1.53. The van der Waals surface area contributed by atoms with E-state index in [0.717, 1.165) is 24.3 Å². The molecule has 0 spiro atoms. The quantitative estimate of drug-likeness (QED) is 0.286. The maximum atomic E-state index is 9.76. The summed E-state index contributed by atoms with van der Waals surface area (Å²) in [5.41, 5.74) is 0.469. The first kappa shape index (κ1) is 18.6. The first-order chi connectivity index (χ1) is 12.5. The van der Waals surface area contributed by atoms with E-state index in [4.69, 9.17) is 26.5 Å². The molecule has 136 valence electrons. The van der Waals surface area contributed by atoms with Crippen molar-refractivity contribution < 1.29 is 9.47 Å². The summed E-state index contributed by atoms with van der Waals surface area (Å²) in [5, 5.41) is 18.8. The zero-order valence-corrected chi connectivity index (χ0v) is 16.2. The molecule has 1 atom stereocenters. The number of aryl methyl sites for hydroxylation is 1. The molecule has 1 N–H and O–H groups in total. The molecular weight excluding hydrogens is 372 g/mol. The van der Waals surface area contributed by atoms with Crippen molar-refractivity contribution >= 4 is 28.8 Å². The van der Waals surface area contributed by atoms with Crippen LogP contribution in [0.2, 0.25) is 5.02 Å². The van der Waals surface area contributed by atoms with Gasteiger partial charge in [0.05, 0.1) is 31.5 Å². The van der Waals surface area contributed by atoms with Crippen LogP contribution in [0.15, 0.2) is 24.4 Å². The highest BCUT2D eigenvalue weighted by Gasteiger charge is 2.23. The Bertz CT molecular complexity index is 935. The van der Waals surface area contributed by atoms with Gasteiger partial charge in [-0.1, -0.05) is 22.9 Å². The van der Waals surface area contributed by atoms with Crippen molar-refractivity contribution in [2.45, 2.75) is 32.4 Å². The second kappa shape index (κ2) is 8.04. The average molecular weight is 392 g/mol. The molecule has 1 fully saturated rings. The summed E-state index contributed by atoms with van der Waals surface area (Å²) in [6, 6.07) is 5.03. The lowest BCUT2D eigenvalue weighted by Gasteiger charge is -2.10. The number of thiazole rings is 1. The minimum Gasteiger partial charge on any atom is -0.496 e. The van der Waals surface area contributed by atoms with Crippen LogP contribution in [0, 0.1) is 23.8 Å². The number of ether oxygens (including phenoxy) is 2. The van der Waals surface area contributed by atoms with Gasteiger partial charge < -0.3 is 9.47 Å². The maximum Gasteiger partial charge on any atom is 0.332 e. The molecule has 0 radical (unpaired) electrons. The molecule has 3 rings (SSSR count). The number of halogens is 1. The van der Waals surface area contributed by atoms with Crippen molar-refractivity contribution in [3.05, 3.63) is 44.7 Å². The third-order valence-electron chi connectivity index (χ3n) is 4.19. The molecule has 1 aliphatic heterocycles. The first-order valence-corrected chi connectivity index (χ1v) is 9.46. The van der Waals surface area contributed by atoms with Crippen molar-refractivity contribution in [2.24, 2.45) is 0 Å². The number of aromatic nitrogens is 1. The van der Waals surface area contributed by atoms with E-state index in [2.05, 4.69) is 6.19 Å². The van der Waals surface area contributed by atoms with Gasteiger partial charge in [-0.2, -0.15) is 5.41 Å². The van der Waals surface area contributed by atoms with E-state index >= 15 is 0 Å². The molecule has 0 bridgehead atoms. The summed E-state index contributed by atoms with van der Waals surface area (Å²) in [4.78, 5) is 1.73. The van der Waals surface area contributed by atoms with Crippen LogP contribution in [0.5, 0.6) is 5.75 Å². The Labute approximate surface area is 161 Å². The molecule has 0 aliphatic carbocycles. The Morgan fingerprint density at radius 1 is 1.58 bits per heavy atom. The van der Waals surface area contributed by atoms with Gasteiger partial charge in [0.2, 0.25) is 5.84 Å². The van der Waals surface area contributed by atoms with E-state index < -0.39 is 0 Å². The Hall–Kier alpha value is -2.14. The molecule has 6 nitrogen and oxygen atoms in total. The van der Waals surface area contributed by atoms with Gasteiger partial charge in [0.25, 0.3) is 4.80 Å². The lowest BCUT2D eigenvalue weighted by Crippen LogP contribution is -2.37. The fraction of sp³-hybridized carbons (Fsp3) is 0.389. The second-order valence-electron chi connectivity index (χ2n) is 6.04. The van der Waals surface area contributed by atoms with Crippen LogP contribution < -0.4 is 14.1 Å². The molecule has 1 aromatic heterocycles. The van der Waals surface area contributed by atoms with Gasteiger partial charge in [0, 0.05) is 16.5 Å². The summed E-state index contributed by atoms with van der Waals surface area (Å²) in [5.74, 6) is 0.522. The number of benzene rings is 1. The highest BCUT2D eigenvalue weighted by molar-refractivity contribution is 7.09. The van der Waals surface area contributed by atoms with E-state index in [1.54, 1.807) is 18.2 Å². The number of methoxy groups -OCH3 is 1. The number of rotatable bonds is 4. The standard InChI is InChI=1S/C18H20ClN4O2S/c1-12-9-22(10-14-4-3-7-25-14)18(26-12)23(11-20)17(21)15-8-13(19)5-6-16(15)24-2/h5-6,8-9,14,21H,3-4,7,10H2,1-2H3/q+1/t14-/m1/s1. The van der Waals surface area contributed by atoms with Gasteiger partial charge in [-0.05, 0) is 43.2 Å². The zero-order chi connectivity index (χ0) is 18.7. The van der Waals surface area contributed by atoms with Gasteiger partial charge in [0.1, 0.15) is 5.75 Å². The van der Waals surface area contributed by atoms with E-state index in [9.17, 15) is 5.26 Å². The predicted molar refractivity (Wildman–Crippen MR) is 102 cm³/mol. The van der Waals surface area contributed by atoms with Crippen LogP contribution in [0.1, 0.15) is 23.3 Å². The van der Waals surface area contributed by atoms with Crippen LogP contribution in [-0.2, 0) is 11.3 Å². The molecule has 1 saturated heterocycles. The molecule has 2 heterocycles. The van der Waals surface area contributed by atoms with Gasteiger partial charge >= 0.3 is 6.19 Å². The molecule has 26 heavy (non-hydrogen) atoms. The SMILES string of the molecule is COc1ccc(Cl)cc1C(=N)/[N+](C#N)=c1/sc(C)cn1C[C@H]1CCCO1. The molecular formula is C18H20ClN4O2S+. The van der Waals surface area contributed by atoms with Crippen LogP contribution in [0.4, 0.5) is 0 Å². The van der Waals surface area contributed by atoms with E-state index in [1.165, 1.54) is 23.0 Å². The first-order valence-electron chi connectivity index (χ1n) is 8.27. The summed E-state index contributed by atoms with van der Waals surface area (Å²) in [6.07, 6.45) is 6.33. The predicted octanol–water partition coefficient (Wildman–Crippen LogP) is 2.98. The van der Waals surface area contributed by atoms with Crippen LogP contribution >= 0.6 is 22.9 Å². The van der Waals surface area contributed by atoms with E-state index in [1.807, 2.05) is 17.7 Å². The summed E-state index contributed by atoms with van der Waals surface area (Å²) < 4.78 is 14.4. The summed E-state index contributed by atoms with van der Waals surface area (Å²) >= 11 is 7.56. The third kappa shape index (κ3) is 3.83. The highest BCUT2D eigenvalue weighted by atomic mass is 35.5. The maximum absolute atomic E-state index is 9.76. The number of nitrogens with one attached hydrogen (secondary N) is 1. The van der Waals surface area contributed by atoms with Crippen LogP contribution in [0.3, 0.4) is 0 Å². The lowest BCUT2D eigenvalue weighted by molar-refractivity contribution is 0.0962. The molecule has 8 heteroatoms. The monoisotopic (exact) mass is 391 g/mol.